The van der Waals surface area contributed by atoms with E-state index < -0.39 is 0 Å². The highest BCUT2D eigenvalue weighted by molar-refractivity contribution is 8.13. The molecular formula is C13H25N3S. The summed E-state index contributed by atoms with van der Waals surface area (Å²) in [6.07, 6.45) is 2.74. The number of aliphatic imine (C=N–C) groups is 1. The average Bonchev–Trinajstić information content (AvgIpc) is 2.76. The number of hydrogen-bond acceptors (Lipinski definition) is 4. The zero-order chi connectivity index (χ0) is 12.3. The Hall–Kier alpha value is -0.220. The van der Waals surface area contributed by atoms with E-state index in [4.69, 9.17) is 4.99 Å². The van der Waals surface area contributed by atoms with Crippen molar-refractivity contribution in [1.29, 1.82) is 0 Å². The Morgan fingerprint density at radius 3 is 2.76 bits per heavy atom. The lowest BCUT2D eigenvalue weighted by Gasteiger charge is -2.27. The van der Waals surface area contributed by atoms with E-state index in [0.717, 1.165) is 11.7 Å². The molecule has 0 radical (unpaired) electrons. The quantitative estimate of drug-likeness (QED) is 0.838. The van der Waals surface area contributed by atoms with Crippen LogP contribution in [0.5, 0.6) is 0 Å². The second-order valence-corrected chi connectivity index (χ2v) is 6.52. The number of likely N-dealkylation sites (tertiary alicyclic amines) is 1. The summed E-state index contributed by atoms with van der Waals surface area (Å²) in [6, 6.07) is 0.984. The summed E-state index contributed by atoms with van der Waals surface area (Å²) in [4.78, 5) is 7.28. The van der Waals surface area contributed by atoms with Gasteiger partial charge in [0.25, 0.3) is 0 Å². The molecule has 0 aliphatic carbocycles. The summed E-state index contributed by atoms with van der Waals surface area (Å²) >= 11 is 1.88. The third kappa shape index (κ3) is 3.88. The van der Waals surface area contributed by atoms with E-state index >= 15 is 0 Å². The molecule has 3 nitrogen and oxygen atoms in total. The van der Waals surface area contributed by atoms with Crippen LogP contribution >= 0.6 is 11.8 Å². The fourth-order valence-corrected chi connectivity index (χ4v) is 3.61. The number of hydrogen-bond donors (Lipinski definition) is 1. The van der Waals surface area contributed by atoms with Crippen molar-refractivity contribution in [2.24, 2.45) is 10.9 Å². The van der Waals surface area contributed by atoms with Gasteiger partial charge in [-0.2, -0.15) is 0 Å². The van der Waals surface area contributed by atoms with Crippen molar-refractivity contribution < 1.29 is 0 Å². The first-order valence-electron chi connectivity index (χ1n) is 6.84. The minimum atomic E-state index is 0.470. The van der Waals surface area contributed by atoms with Gasteiger partial charge in [0, 0.05) is 18.3 Å². The first-order valence-corrected chi connectivity index (χ1v) is 7.83. The summed E-state index contributed by atoms with van der Waals surface area (Å²) in [7, 11) is 0. The zero-order valence-electron chi connectivity index (χ0n) is 11.3. The first kappa shape index (κ1) is 13.2. The molecule has 2 aliphatic rings. The Morgan fingerprint density at radius 2 is 2.12 bits per heavy atom. The van der Waals surface area contributed by atoms with Crippen LogP contribution in [-0.4, -0.2) is 47.5 Å². The van der Waals surface area contributed by atoms with Gasteiger partial charge in [0.15, 0.2) is 5.17 Å². The largest absolute Gasteiger partial charge is 0.361 e. The maximum Gasteiger partial charge on any atom is 0.157 e. The van der Waals surface area contributed by atoms with E-state index in [-0.39, 0.29) is 0 Å². The molecule has 1 saturated heterocycles. The Morgan fingerprint density at radius 1 is 1.41 bits per heavy atom. The average molecular weight is 255 g/mol. The van der Waals surface area contributed by atoms with Crippen LogP contribution in [0, 0.1) is 5.92 Å². The molecule has 3 unspecified atom stereocenters. The summed E-state index contributed by atoms with van der Waals surface area (Å²) < 4.78 is 0. The molecule has 98 valence electrons. The lowest BCUT2D eigenvalue weighted by Crippen LogP contribution is -2.42. The van der Waals surface area contributed by atoms with Gasteiger partial charge in [-0.15, -0.1) is 0 Å². The molecule has 17 heavy (non-hydrogen) atoms. The van der Waals surface area contributed by atoms with Gasteiger partial charge in [-0.1, -0.05) is 18.7 Å². The third-order valence-electron chi connectivity index (χ3n) is 3.73. The van der Waals surface area contributed by atoms with Crippen molar-refractivity contribution in [3.63, 3.8) is 0 Å². The third-order valence-corrected chi connectivity index (χ3v) is 4.92. The van der Waals surface area contributed by atoms with Gasteiger partial charge < -0.3 is 10.2 Å². The van der Waals surface area contributed by atoms with Crippen LogP contribution in [0.15, 0.2) is 4.99 Å². The SMILES string of the molecule is CC(CN1CCCC1)NC1=NC(C)C(C)CS1. The molecule has 0 aromatic heterocycles. The lowest BCUT2D eigenvalue weighted by molar-refractivity contribution is 0.312. The van der Waals surface area contributed by atoms with Gasteiger partial charge in [-0.25, -0.2) is 0 Å². The number of nitrogens with one attached hydrogen (secondary N) is 1. The van der Waals surface area contributed by atoms with Crippen LogP contribution in [0.3, 0.4) is 0 Å². The molecule has 0 spiro atoms. The summed E-state index contributed by atoms with van der Waals surface area (Å²) in [5.74, 6) is 1.91. The van der Waals surface area contributed by atoms with Gasteiger partial charge in [0.2, 0.25) is 0 Å². The molecule has 4 heteroatoms. The minimum absolute atomic E-state index is 0.470. The van der Waals surface area contributed by atoms with Crippen LogP contribution in [-0.2, 0) is 0 Å². The van der Waals surface area contributed by atoms with Crippen LogP contribution in [0.1, 0.15) is 33.6 Å². The topological polar surface area (TPSA) is 27.6 Å². The van der Waals surface area contributed by atoms with Gasteiger partial charge in [-0.3, -0.25) is 4.99 Å². The van der Waals surface area contributed by atoms with E-state index in [2.05, 4.69) is 31.0 Å². The van der Waals surface area contributed by atoms with Crippen LogP contribution in [0.4, 0.5) is 0 Å². The van der Waals surface area contributed by atoms with Gasteiger partial charge >= 0.3 is 0 Å². The molecule has 1 N–H and O–H groups in total. The van der Waals surface area contributed by atoms with E-state index in [0.29, 0.717) is 18.0 Å². The number of thioether (sulfide) groups is 1. The Labute approximate surface area is 109 Å². The Bertz CT molecular complexity index is 274. The maximum absolute atomic E-state index is 4.73. The summed E-state index contributed by atoms with van der Waals surface area (Å²) in [6.45, 7) is 10.5. The van der Waals surface area contributed by atoms with Crippen molar-refractivity contribution in [2.75, 3.05) is 25.4 Å². The number of rotatable bonds is 3. The normalized spacial score (nSPS) is 32.3. The van der Waals surface area contributed by atoms with Crippen LogP contribution < -0.4 is 5.32 Å². The van der Waals surface area contributed by atoms with Gasteiger partial charge in [0.1, 0.15) is 0 Å². The van der Waals surface area contributed by atoms with Crippen molar-refractivity contribution in [3.8, 4) is 0 Å². The van der Waals surface area contributed by atoms with Crippen LogP contribution in [0.25, 0.3) is 0 Å². The number of amidine groups is 1. The zero-order valence-corrected chi connectivity index (χ0v) is 12.1. The van der Waals surface area contributed by atoms with Crippen molar-refractivity contribution in [3.05, 3.63) is 0 Å². The predicted molar refractivity (Wildman–Crippen MR) is 76.8 cm³/mol. The van der Waals surface area contributed by atoms with Crippen LogP contribution in [0.2, 0.25) is 0 Å². The van der Waals surface area contributed by atoms with Gasteiger partial charge in [-0.05, 0) is 45.7 Å². The first-order chi connectivity index (χ1) is 8.15. The smallest absolute Gasteiger partial charge is 0.157 e. The highest BCUT2D eigenvalue weighted by atomic mass is 32.2. The van der Waals surface area contributed by atoms with E-state index in [1.165, 1.54) is 31.7 Å². The fraction of sp³-hybridized carbons (Fsp3) is 0.923. The molecule has 0 aromatic carbocycles. The molecule has 0 amide bonds. The lowest BCUT2D eigenvalue weighted by atomic mass is 10.1. The summed E-state index contributed by atoms with van der Waals surface area (Å²) in [5.41, 5.74) is 0. The van der Waals surface area contributed by atoms with Crippen molar-refractivity contribution in [1.82, 2.24) is 10.2 Å². The van der Waals surface area contributed by atoms with E-state index in [9.17, 15) is 0 Å². The molecule has 2 heterocycles. The molecule has 2 aliphatic heterocycles. The molecule has 2 rings (SSSR count). The minimum Gasteiger partial charge on any atom is -0.361 e. The molecule has 0 aromatic rings. The molecule has 0 bridgehead atoms. The molecule has 1 fully saturated rings. The van der Waals surface area contributed by atoms with E-state index in [1.807, 2.05) is 11.8 Å². The fourth-order valence-electron chi connectivity index (χ4n) is 2.39. The van der Waals surface area contributed by atoms with Gasteiger partial charge in [0.05, 0.1) is 6.04 Å². The predicted octanol–water partition coefficient (Wildman–Crippen LogP) is 2.19. The Balaban J connectivity index is 1.77. The summed E-state index contributed by atoms with van der Waals surface area (Å²) in [5, 5.41) is 4.72. The highest BCUT2D eigenvalue weighted by Crippen LogP contribution is 2.21. The Kier molecular flexibility index (Phi) is 4.74. The monoisotopic (exact) mass is 255 g/mol. The maximum atomic E-state index is 4.73. The second-order valence-electron chi connectivity index (χ2n) is 5.52. The highest BCUT2D eigenvalue weighted by Gasteiger charge is 2.21. The number of nitrogens with zero attached hydrogens (tertiary/aromatic N) is 2. The van der Waals surface area contributed by atoms with E-state index in [1.54, 1.807) is 0 Å². The standard InChI is InChI=1S/C13H25N3S/c1-10-9-17-13(15-12(10)3)14-11(2)8-16-6-4-5-7-16/h10-12H,4-9H2,1-3H3,(H,14,15). The van der Waals surface area contributed by atoms with Crippen molar-refractivity contribution >= 4 is 16.9 Å². The molecular weight excluding hydrogens is 230 g/mol. The molecule has 0 saturated carbocycles. The second kappa shape index (κ2) is 6.10. The van der Waals surface area contributed by atoms with Crippen molar-refractivity contribution in [2.45, 2.75) is 45.7 Å². The molecule has 3 atom stereocenters.